The highest BCUT2D eigenvalue weighted by Gasteiger charge is 2.42. The Hall–Kier alpha value is -4.40. The van der Waals surface area contributed by atoms with E-state index in [0.717, 1.165) is 108 Å². The predicted molar refractivity (Wildman–Crippen MR) is 206 cm³/mol. The van der Waals surface area contributed by atoms with Gasteiger partial charge in [-0.1, -0.05) is 24.3 Å². The third kappa shape index (κ3) is 7.69. The summed E-state index contributed by atoms with van der Waals surface area (Å²) in [7, 11) is 15.3. The highest BCUT2D eigenvalue weighted by Crippen LogP contribution is 2.45. The van der Waals surface area contributed by atoms with Crippen LogP contribution in [-0.2, 0) is 25.7 Å². The molecular formula is C44H58N2O6+2. The molecule has 0 saturated heterocycles. The molecule has 0 N–H and O–H groups in total. The van der Waals surface area contributed by atoms with E-state index in [1.54, 1.807) is 42.7 Å². The maximum atomic E-state index is 5.82. The Labute approximate surface area is 311 Å². The van der Waals surface area contributed by atoms with Crippen molar-refractivity contribution in [3.63, 3.8) is 0 Å². The van der Waals surface area contributed by atoms with Gasteiger partial charge in [0, 0.05) is 49.7 Å². The van der Waals surface area contributed by atoms with Gasteiger partial charge in [-0.15, -0.1) is 0 Å². The summed E-state index contributed by atoms with van der Waals surface area (Å²) in [5, 5.41) is 0. The van der Waals surface area contributed by atoms with Crippen LogP contribution in [0.25, 0.3) is 0 Å². The lowest BCUT2D eigenvalue weighted by Crippen LogP contribution is -2.54. The second-order valence-corrected chi connectivity index (χ2v) is 15.0. The summed E-state index contributed by atoms with van der Waals surface area (Å²) in [5.74, 6) is 4.98. The number of hydrogen-bond donors (Lipinski definition) is 0. The number of quaternary nitrogens is 2. The third-order valence-corrected chi connectivity index (χ3v) is 12.1. The molecule has 2 heterocycles. The van der Waals surface area contributed by atoms with Crippen molar-refractivity contribution in [1.82, 2.24) is 0 Å². The average molecular weight is 711 g/mol. The van der Waals surface area contributed by atoms with Crippen LogP contribution in [0.1, 0.15) is 58.3 Å². The molecule has 52 heavy (non-hydrogen) atoms. The van der Waals surface area contributed by atoms with E-state index in [1.807, 2.05) is 0 Å². The fourth-order valence-electron chi connectivity index (χ4n) is 8.77. The van der Waals surface area contributed by atoms with Crippen molar-refractivity contribution < 1.29 is 37.4 Å². The van der Waals surface area contributed by atoms with Crippen molar-refractivity contribution in [1.29, 1.82) is 0 Å². The zero-order chi connectivity index (χ0) is 36.9. The maximum absolute atomic E-state index is 5.82. The molecule has 4 atom stereocenters. The van der Waals surface area contributed by atoms with Crippen molar-refractivity contribution in [2.75, 3.05) is 82.9 Å². The number of benzene rings is 4. The molecule has 4 aromatic rings. The van der Waals surface area contributed by atoms with Crippen molar-refractivity contribution in [2.45, 2.75) is 50.6 Å². The Morgan fingerprint density at radius 3 is 1.15 bits per heavy atom. The van der Waals surface area contributed by atoms with Crippen molar-refractivity contribution >= 4 is 0 Å². The van der Waals surface area contributed by atoms with Gasteiger partial charge in [-0.2, -0.15) is 0 Å². The van der Waals surface area contributed by atoms with Gasteiger partial charge in [0.15, 0.2) is 23.0 Å². The second-order valence-electron chi connectivity index (χ2n) is 15.0. The number of fused-ring (bicyclic) bond motifs is 2. The minimum atomic E-state index is 0.300. The topological polar surface area (TPSA) is 55.4 Å². The molecule has 0 aromatic heterocycles. The number of methoxy groups -OCH3 is 6. The standard InChI is InChI=1S/C44H58N2O6/c1-45(23-19-33-27-41(49-5)43(51-7)29-37(33)39(45)25-31-11-15-35(47-3)16-12-31)21-9-10-22-46(2)24-20-34-28-42(50-6)44(52-8)30-38(34)40(46)26-32-13-17-36(48-4)18-14-32/h11-18,27-30,39-40H,9-10,19-26H2,1-8H3/q+2/t39-,40+,45+,46-. The summed E-state index contributed by atoms with van der Waals surface area (Å²) in [4.78, 5) is 0. The molecule has 2 aliphatic heterocycles. The Balaban J connectivity index is 1.24. The fourth-order valence-corrected chi connectivity index (χ4v) is 8.77. The maximum Gasteiger partial charge on any atom is 0.161 e. The molecular weight excluding hydrogens is 652 g/mol. The van der Waals surface area contributed by atoms with Crippen LogP contribution in [-0.4, -0.2) is 91.9 Å². The van der Waals surface area contributed by atoms with E-state index in [-0.39, 0.29) is 0 Å². The highest BCUT2D eigenvalue weighted by molar-refractivity contribution is 5.50. The quantitative estimate of drug-likeness (QED) is 0.0928. The summed E-state index contributed by atoms with van der Waals surface area (Å²) >= 11 is 0. The molecule has 0 spiro atoms. The summed E-state index contributed by atoms with van der Waals surface area (Å²) in [6, 6.07) is 26.6. The SMILES string of the molecule is COc1ccc(C[C@@H]2c3cc(OC)c(OC)cc3CC[N@+]2(C)CCCC[N@+]2(C)CCc3cc(OC)c(OC)cc3[C@@H]2Cc2ccc(OC)cc2)cc1. The summed E-state index contributed by atoms with van der Waals surface area (Å²) < 4.78 is 36.0. The number of rotatable bonds is 15. The van der Waals surface area contributed by atoms with Gasteiger partial charge in [0.05, 0.1) is 82.9 Å². The first-order valence-electron chi connectivity index (χ1n) is 18.6. The lowest BCUT2D eigenvalue weighted by molar-refractivity contribution is -0.947. The van der Waals surface area contributed by atoms with Gasteiger partial charge in [-0.05, 0) is 70.8 Å². The second kappa shape index (κ2) is 16.1. The van der Waals surface area contributed by atoms with E-state index in [1.165, 1.54) is 33.4 Å². The van der Waals surface area contributed by atoms with Crippen LogP contribution in [0.4, 0.5) is 0 Å². The zero-order valence-corrected chi connectivity index (χ0v) is 32.5. The van der Waals surface area contributed by atoms with Crippen molar-refractivity contribution in [2.24, 2.45) is 0 Å². The minimum absolute atomic E-state index is 0.300. The minimum Gasteiger partial charge on any atom is -0.497 e. The van der Waals surface area contributed by atoms with E-state index in [4.69, 9.17) is 28.4 Å². The van der Waals surface area contributed by atoms with Crippen LogP contribution in [0.5, 0.6) is 34.5 Å². The molecule has 278 valence electrons. The highest BCUT2D eigenvalue weighted by atomic mass is 16.5. The Bertz CT molecular complexity index is 1680. The molecule has 6 rings (SSSR count). The van der Waals surface area contributed by atoms with E-state index in [0.29, 0.717) is 12.1 Å². The smallest absolute Gasteiger partial charge is 0.161 e. The predicted octanol–water partition coefficient (Wildman–Crippen LogP) is 7.79. The van der Waals surface area contributed by atoms with Gasteiger partial charge in [0.2, 0.25) is 0 Å². The zero-order valence-electron chi connectivity index (χ0n) is 32.5. The average Bonchev–Trinajstić information content (AvgIpc) is 3.18. The van der Waals surface area contributed by atoms with Crippen molar-refractivity contribution in [3.8, 4) is 34.5 Å². The lowest BCUT2D eigenvalue weighted by atomic mass is 9.85. The molecule has 0 radical (unpaired) electrons. The first-order valence-corrected chi connectivity index (χ1v) is 18.6. The van der Waals surface area contributed by atoms with Crippen LogP contribution < -0.4 is 28.4 Å². The largest absolute Gasteiger partial charge is 0.497 e. The number of nitrogens with zero attached hydrogens (tertiary/aromatic N) is 2. The molecule has 4 aromatic carbocycles. The van der Waals surface area contributed by atoms with Gasteiger partial charge in [-0.25, -0.2) is 0 Å². The van der Waals surface area contributed by atoms with E-state index in [9.17, 15) is 0 Å². The molecule has 0 unspecified atom stereocenters. The van der Waals surface area contributed by atoms with Gasteiger partial charge >= 0.3 is 0 Å². The number of ether oxygens (including phenoxy) is 6. The Morgan fingerprint density at radius 1 is 0.481 bits per heavy atom. The lowest BCUT2D eigenvalue weighted by Gasteiger charge is -2.47. The number of likely N-dealkylation sites (N-methyl/N-ethyl adjacent to an activating group) is 2. The van der Waals surface area contributed by atoms with Crippen LogP contribution in [0, 0.1) is 0 Å². The van der Waals surface area contributed by atoms with Gasteiger partial charge in [-0.3, -0.25) is 0 Å². The molecule has 0 aliphatic carbocycles. The Morgan fingerprint density at radius 2 is 0.827 bits per heavy atom. The van der Waals surface area contributed by atoms with E-state index >= 15 is 0 Å². The summed E-state index contributed by atoms with van der Waals surface area (Å²) in [5.41, 5.74) is 8.11. The molecule has 2 aliphatic rings. The molecule has 8 nitrogen and oxygen atoms in total. The molecule has 0 bridgehead atoms. The van der Waals surface area contributed by atoms with Gasteiger partial charge in [0.1, 0.15) is 23.6 Å². The van der Waals surface area contributed by atoms with Crippen LogP contribution in [0.3, 0.4) is 0 Å². The van der Waals surface area contributed by atoms with Crippen LogP contribution in [0.2, 0.25) is 0 Å². The van der Waals surface area contributed by atoms with Gasteiger partial charge < -0.3 is 37.4 Å². The number of hydrogen-bond acceptors (Lipinski definition) is 6. The molecule has 8 heteroatoms. The van der Waals surface area contributed by atoms with Crippen LogP contribution in [0.15, 0.2) is 72.8 Å². The van der Waals surface area contributed by atoms with Gasteiger partial charge in [0.25, 0.3) is 0 Å². The monoisotopic (exact) mass is 710 g/mol. The van der Waals surface area contributed by atoms with Crippen LogP contribution >= 0.6 is 0 Å². The third-order valence-electron chi connectivity index (χ3n) is 12.1. The van der Waals surface area contributed by atoms with E-state index < -0.39 is 0 Å². The first-order chi connectivity index (χ1) is 25.2. The Kier molecular flexibility index (Phi) is 11.6. The normalized spacial score (nSPS) is 22.2. The van der Waals surface area contributed by atoms with Crippen molar-refractivity contribution in [3.05, 3.63) is 106 Å². The molecule has 0 amide bonds. The number of unbranched alkanes of at least 4 members (excludes halogenated alkanes) is 1. The molecule has 0 fully saturated rings. The summed E-state index contributed by atoms with van der Waals surface area (Å²) in [6.07, 6.45) is 6.24. The fraction of sp³-hybridized carbons (Fsp3) is 0.455. The first kappa shape index (κ1) is 37.4. The summed E-state index contributed by atoms with van der Waals surface area (Å²) in [6.45, 7) is 4.40. The van der Waals surface area contributed by atoms with E-state index in [2.05, 4.69) is 86.9 Å². The molecule has 0 saturated carbocycles.